The highest BCUT2D eigenvalue weighted by Crippen LogP contribution is 2.39. The number of hydrogen-bond donors (Lipinski definition) is 0. The molecule has 0 radical (unpaired) electrons. The minimum Gasteiger partial charge on any atom is -0.375 e. The first-order valence-corrected chi connectivity index (χ1v) is 11.8. The second-order valence-electron chi connectivity index (χ2n) is 9.17. The van der Waals surface area contributed by atoms with E-state index in [1.807, 2.05) is 12.1 Å². The Morgan fingerprint density at radius 1 is 0.781 bits per heavy atom. The molecule has 0 amide bonds. The summed E-state index contributed by atoms with van der Waals surface area (Å²) < 4.78 is 12.6. The third-order valence-corrected chi connectivity index (χ3v) is 6.18. The molecule has 0 spiro atoms. The summed E-state index contributed by atoms with van der Waals surface area (Å²) >= 11 is 0. The lowest BCUT2D eigenvalue weighted by atomic mass is 9.87. The van der Waals surface area contributed by atoms with Crippen molar-refractivity contribution < 1.29 is 9.47 Å². The average molecular weight is 430 g/mol. The minimum absolute atomic E-state index is 0.196. The lowest BCUT2D eigenvalue weighted by Crippen LogP contribution is -2.60. The summed E-state index contributed by atoms with van der Waals surface area (Å²) in [6.45, 7) is 7.59. The number of likely N-dealkylation sites (tertiary alicyclic amines) is 1. The van der Waals surface area contributed by atoms with E-state index < -0.39 is 0 Å². The van der Waals surface area contributed by atoms with Crippen LogP contribution in [0.1, 0.15) is 43.0 Å². The van der Waals surface area contributed by atoms with Crippen molar-refractivity contribution in [3.8, 4) is 0 Å². The van der Waals surface area contributed by atoms with Gasteiger partial charge < -0.3 is 9.47 Å². The smallest absolute Gasteiger partial charge is 0.0903 e. The predicted molar refractivity (Wildman–Crippen MR) is 130 cm³/mol. The van der Waals surface area contributed by atoms with Gasteiger partial charge in [0.05, 0.1) is 32.0 Å². The van der Waals surface area contributed by atoms with Gasteiger partial charge in [0.25, 0.3) is 0 Å². The first kappa shape index (κ1) is 22.7. The van der Waals surface area contributed by atoms with Crippen LogP contribution in [-0.4, -0.2) is 30.2 Å². The highest BCUT2D eigenvalue weighted by Gasteiger charge is 2.44. The van der Waals surface area contributed by atoms with Crippen molar-refractivity contribution >= 4 is 0 Å². The predicted octanol–water partition coefficient (Wildman–Crippen LogP) is 6.26. The Hall–Kier alpha value is -2.46. The van der Waals surface area contributed by atoms with Gasteiger partial charge in [0.15, 0.2) is 0 Å². The lowest BCUT2D eigenvalue weighted by molar-refractivity contribution is -0.143. The molecule has 168 valence electrons. The molecule has 3 aromatic rings. The minimum atomic E-state index is 0.196. The Balaban J connectivity index is 1.43. The SMILES string of the molecule is CC(C)C[C@@H](COCc1ccccc1)N1C[C@H](OCc2ccccc2)[C@@H]1c1ccccc1. The molecule has 1 aliphatic heterocycles. The molecule has 3 atom stereocenters. The van der Waals surface area contributed by atoms with Crippen LogP contribution >= 0.6 is 0 Å². The van der Waals surface area contributed by atoms with Crippen molar-refractivity contribution in [2.75, 3.05) is 13.2 Å². The molecule has 0 saturated carbocycles. The fourth-order valence-corrected chi connectivity index (χ4v) is 4.58. The zero-order valence-electron chi connectivity index (χ0n) is 19.3. The molecule has 32 heavy (non-hydrogen) atoms. The van der Waals surface area contributed by atoms with Gasteiger partial charge in [-0.15, -0.1) is 0 Å². The maximum atomic E-state index is 6.41. The molecule has 3 aromatic carbocycles. The van der Waals surface area contributed by atoms with Crippen LogP contribution in [0.5, 0.6) is 0 Å². The number of rotatable bonds is 11. The second kappa shape index (κ2) is 11.4. The molecule has 1 heterocycles. The molecule has 0 aromatic heterocycles. The first-order valence-electron chi connectivity index (χ1n) is 11.8. The van der Waals surface area contributed by atoms with Crippen LogP contribution in [0.2, 0.25) is 0 Å². The van der Waals surface area contributed by atoms with E-state index in [-0.39, 0.29) is 12.1 Å². The van der Waals surface area contributed by atoms with E-state index in [2.05, 4.69) is 97.6 Å². The topological polar surface area (TPSA) is 21.7 Å². The van der Waals surface area contributed by atoms with Gasteiger partial charge in [0.1, 0.15) is 0 Å². The van der Waals surface area contributed by atoms with Gasteiger partial charge in [0.2, 0.25) is 0 Å². The Morgan fingerprint density at radius 3 is 1.94 bits per heavy atom. The summed E-state index contributed by atoms with van der Waals surface area (Å²) in [6.07, 6.45) is 1.31. The second-order valence-corrected chi connectivity index (χ2v) is 9.17. The first-order chi connectivity index (χ1) is 15.7. The van der Waals surface area contributed by atoms with Crippen molar-refractivity contribution in [1.82, 2.24) is 4.90 Å². The average Bonchev–Trinajstić information content (AvgIpc) is 2.80. The Morgan fingerprint density at radius 2 is 1.34 bits per heavy atom. The van der Waals surface area contributed by atoms with Crippen LogP contribution in [0.3, 0.4) is 0 Å². The van der Waals surface area contributed by atoms with Crippen molar-refractivity contribution in [2.24, 2.45) is 5.92 Å². The number of ether oxygens (including phenoxy) is 2. The summed E-state index contributed by atoms with van der Waals surface area (Å²) in [5, 5.41) is 0. The van der Waals surface area contributed by atoms with Gasteiger partial charge in [-0.05, 0) is 29.0 Å². The zero-order chi connectivity index (χ0) is 22.2. The molecule has 0 unspecified atom stereocenters. The highest BCUT2D eigenvalue weighted by atomic mass is 16.5. The summed E-state index contributed by atoms with van der Waals surface area (Å²) in [5.41, 5.74) is 3.78. The monoisotopic (exact) mass is 429 g/mol. The molecule has 0 bridgehead atoms. The van der Waals surface area contributed by atoms with E-state index in [9.17, 15) is 0 Å². The molecular weight excluding hydrogens is 394 g/mol. The summed E-state index contributed by atoms with van der Waals surface area (Å²) in [7, 11) is 0. The fourth-order valence-electron chi connectivity index (χ4n) is 4.58. The van der Waals surface area contributed by atoms with E-state index >= 15 is 0 Å². The van der Waals surface area contributed by atoms with E-state index in [1.165, 1.54) is 16.7 Å². The summed E-state index contributed by atoms with van der Waals surface area (Å²) in [4.78, 5) is 2.59. The van der Waals surface area contributed by atoms with Crippen molar-refractivity contribution in [3.05, 3.63) is 108 Å². The van der Waals surface area contributed by atoms with Gasteiger partial charge in [0, 0.05) is 12.6 Å². The Bertz CT molecular complexity index is 914. The fraction of sp³-hybridized carbons (Fsp3) is 0.379. The lowest BCUT2D eigenvalue weighted by Gasteiger charge is -2.52. The molecule has 3 heteroatoms. The van der Waals surface area contributed by atoms with Crippen LogP contribution in [0, 0.1) is 5.92 Å². The third-order valence-electron chi connectivity index (χ3n) is 6.18. The van der Waals surface area contributed by atoms with Gasteiger partial charge in [-0.3, -0.25) is 4.90 Å². The van der Waals surface area contributed by atoms with Crippen LogP contribution in [0.15, 0.2) is 91.0 Å². The van der Waals surface area contributed by atoms with E-state index in [0.717, 1.165) is 19.6 Å². The molecule has 1 saturated heterocycles. The van der Waals surface area contributed by atoms with E-state index in [0.29, 0.717) is 25.2 Å². The molecule has 1 fully saturated rings. The normalized spacial score (nSPS) is 19.6. The van der Waals surface area contributed by atoms with Crippen molar-refractivity contribution in [3.63, 3.8) is 0 Å². The van der Waals surface area contributed by atoms with Gasteiger partial charge >= 0.3 is 0 Å². The number of nitrogens with zero attached hydrogens (tertiary/aromatic N) is 1. The highest BCUT2D eigenvalue weighted by molar-refractivity contribution is 5.24. The maximum Gasteiger partial charge on any atom is 0.0903 e. The molecule has 1 aliphatic rings. The third kappa shape index (κ3) is 6.07. The molecule has 0 aliphatic carbocycles. The molecule has 0 N–H and O–H groups in total. The molecule has 3 nitrogen and oxygen atoms in total. The van der Waals surface area contributed by atoms with Crippen LogP contribution in [-0.2, 0) is 22.7 Å². The maximum absolute atomic E-state index is 6.41. The quantitative estimate of drug-likeness (QED) is 0.359. The van der Waals surface area contributed by atoms with Crippen LogP contribution in [0.4, 0.5) is 0 Å². The zero-order valence-corrected chi connectivity index (χ0v) is 19.3. The number of benzene rings is 3. The standard InChI is InChI=1S/C29H35NO2/c1-23(2)18-27(22-31-20-24-12-6-3-7-13-24)30-19-28(29(30)26-16-10-5-11-17-26)32-21-25-14-8-4-9-15-25/h3-17,23,27-29H,18-22H2,1-2H3/t27-,28-,29-/m0/s1. The largest absolute Gasteiger partial charge is 0.375 e. The number of hydrogen-bond acceptors (Lipinski definition) is 3. The molecular formula is C29H35NO2. The summed E-state index contributed by atoms with van der Waals surface area (Å²) in [6, 6.07) is 32.3. The van der Waals surface area contributed by atoms with E-state index in [4.69, 9.17) is 9.47 Å². The van der Waals surface area contributed by atoms with Crippen LogP contribution in [0.25, 0.3) is 0 Å². The van der Waals surface area contributed by atoms with Crippen LogP contribution < -0.4 is 0 Å². The van der Waals surface area contributed by atoms with Crippen molar-refractivity contribution in [1.29, 1.82) is 0 Å². The Kier molecular flexibility index (Phi) is 8.11. The van der Waals surface area contributed by atoms with Gasteiger partial charge in [-0.2, -0.15) is 0 Å². The molecule has 4 rings (SSSR count). The Labute approximate surface area is 193 Å². The van der Waals surface area contributed by atoms with E-state index in [1.54, 1.807) is 0 Å². The van der Waals surface area contributed by atoms with Crippen molar-refractivity contribution in [2.45, 2.75) is 51.7 Å². The van der Waals surface area contributed by atoms with Gasteiger partial charge in [-0.1, -0.05) is 105 Å². The van der Waals surface area contributed by atoms with Gasteiger partial charge in [-0.25, -0.2) is 0 Å². The summed E-state index contributed by atoms with van der Waals surface area (Å²) in [5.74, 6) is 0.612.